The van der Waals surface area contributed by atoms with Crippen LogP contribution in [0.4, 0.5) is 0 Å². The number of hydrogen-bond donors (Lipinski definition) is 1. The Morgan fingerprint density at radius 2 is 2.29 bits per heavy atom. The minimum Gasteiger partial charge on any atom is -0.338 e. The lowest BCUT2D eigenvalue weighted by atomic mass is 10.1. The van der Waals surface area contributed by atoms with Crippen molar-refractivity contribution in [3.63, 3.8) is 0 Å². The lowest BCUT2D eigenvalue weighted by molar-refractivity contribution is 0.348. The third-order valence-corrected chi connectivity index (χ3v) is 2.73. The van der Waals surface area contributed by atoms with E-state index in [1.165, 1.54) is 0 Å². The molecule has 0 aliphatic heterocycles. The van der Waals surface area contributed by atoms with E-state index in [0.29, 0.717) is 23.2 Å². The van der Waals surface area contributed by atoms with Crippen molar-refractivity contribution in [1.29, 1.82) is 0 Å². The van der Waals surface area contributed by atoms with E-state index in [1.54, 1.807) is 0 Å². The second kappa shape index (κ2) is 5.29. The predicted octanol–water partition coefficient (Wildman–Crippen LogP) is 2.72. The standard InChI is InChI=1S/C12H14ClN3O/c1-2-10(14)12-15-11(16-17-12)7-8-4-3-5-9(13)6-8/h3-6,10H,2,7,14H2,1H3. The van der Waals surface area contributed by atoms with Crippen LogP contribution in [-0.2, 0) is 6.42 Å². The molecule has 0 fully saturated rings. The summed E-state index contributed by atoms with van der Waals surface area (Å²) >= 11 is 5.90. The molecule has 90 valence electrons. The van der Waals surface area contributed by atoms with Crippen LogP contribution in [0.1, 0.15) is 36.7 Å². The molecule has 2 rings (SSSR count). The maximum atomic E-state index is 5.90. The van der Waals surface area contributed by atoms with E-state index >= 15 is 0 Å². The summed E-state index contributed by atoms with van der Waals surface area (Å²) in [4.78, 5) is 4.26. The highest BCUT2D eigenvalue weighted by molar-refractivity contribution is 6.30. The molecule has 0 aliphatic carbocycles. The lowest BCUT2D eigenvalue weighted by Gasteiger charge is -1.99. The summed E-state index contributed by atoms with van der Waals surface area (Å²) in [5.41, 5.74) is 6.86. The minimum atomic E-state index is -0.185. The molecule has 4 nitrogen and oxygen atoms in total. The van der Waals surface area contributed by atoms with Gasteiger partial charge in [0.25, 0.3) is 0 Å². The average Bonchev–Trinajstić information content (AvgIpc) is 2.76. The Balaban J connectivity index is 2.11. The van der Waals surface area contributed by atoms with E-state index < -0.39 is 0 Å². The third kappa shape index (κ3) is 3.05. The summed E-state index contributed by atoms with van der Waals surface area (Å²) in [5, 5.41) is 4.61. The van der Waals surface area contributed by atoms with Crippen LogP contribution >= 0.6 is 11.6 Å². The molecule has 1 aromatic carbocycles. The molecule has 0 aliphatic rings. The molecule has 0 saturated heterocycles. The summed E-state index contributed by atoms with van der Waals surface area (Å²) in [6, 6.07) is 7.41. The largest absolute Gasteiger partial charge is 0.338 e. The molecule has 1 heterocycles. The van der Waals surface area contributed by atoms with Crippen LogP contribution in [0.3, 0.4) is 0 Å². The van der Waals surface area contributed by atoms with Crippen molar-refractivity contribution in [2.75, 3.05) is 0 Å². The molecule has 0 amide bonds. The van der Waals surface area contributed by atoms with E-state index in [1.807, 2.05) is 31.2 Å². The predicted molar refractivity (Wildman–Crippen MR) is 65.8 cm³/mol. The molecule has 1 unspecified atom stereocenters. The molecular weight excluding hydrogens is 238 g/mol. The van der Waals surface area contributed by atoms with Gasteiger partial charge < -0.3 is 10.3 Å². The van der Waals surface area contributed by atoms with E-state index in [-0.39, 0.29) is 6.04 Å². The van der Waals surface area contributed by atoms with Crippen LogP contribution in [0, 0.1) is 0 Å². The highest BCUT2D eigenvalue weighted by Crippen LogP contribution is 2.15. The van der Waals surface area contributed by atoms with E-state index in [4.69, 9.17) is 21.9 Å². The van der Waals surface area contributed by atoms with Gasteiger partial charge in [-0.2, -0.15) is 4.98 Å². The Labute approximate surface area is 105 Å². The third-order valence-electron chi connectivity index (χ3n) is 2.49. The van der Waals surface area contributed by atoms with Crippen molar-refractivity contribution in [1.82, 2.24) is 10.1 Å². The number of nitrogens with two attached hydrogens (primary N) is 1. The fourth-order valence-corrected chi connectivity index (χ4v) is 1.71. The highest BCUT2D eigenvalue weighted by Gasteiger charge is 2.12. The Morgan fingerprint density at radius 1 is 1.47 bits per heavy atom. The van der Waals surface area contributed by atoms with Crippen LogP contribution in [0.15, 0.2) is 28.8 Å². The zero-order valence-corrected chi connectivity index (χ0v) is 10.3. The van der Waals surface area contributed by atoms with Gasteiger partial charge >= 0.3 is 0 Å². The molecule has 0 radical (unpaired) electrons. The van der Waals surface area contributed by atoms with Crippen LogP contribution in [0.5, 0.6) is 0 Å². The molecule has 17 heavy (non-hydrogen) atoms. The normalized spacial score (nSPS) is 12.6. The number of nitrogens with zero attached hydrogens (tertiary/aromatic N) is 2. The molecule has 0 bridgehead atoms. The Morgan fingerprint density at radius 3 is 3.00 bits per heavy atom. The molecule has 2 N–H and O–H groups in total. The monoisotopic (exact) mass is 251 g/mol. The number of aromatic nitrogens is 2. The number of rotatable bonds is 4. The fraction of sp³-hybridized carbons (Fsp3) is 0.333. The Hall–Kier alpha value is -1.39. The Kier molecular flexibility index (Phi) is 3.76. The van der Waals surface area contributed by atoms with E-state index in [2.05, 4.69) is 10.1 Å². The first kappa shape index (κ1) is 12.1. The summed E-state index contributed by atoms with van der Waals surface area (Å²) in [5.74, 6) is 1.12. The maximum absolute atomic E-state index is 5.90. The number of halogens is 1. The number of benzene rings is 1. The highest BCUT2D eigenvalue weighted by atomic mass is 35.5. The van der Waals surface area contributed by atoms with Gasteiger partial charge in [0.1, 0.15) is 0 Å². The van der Waals surface area contributed by atoms with Gasteiger partial charge in [0.05, 0.1) is 6.04 Å². The first-order valence-corrected chi connectivity index (χ1v) is 5.89. The lowest BCUT2D eigenvalue weighted by Crippen LogP contribution is -2.08. The van der Waals surface area contributed by atoms with Gasteiger partial charge in [0.2, 0.25) is 5.89 Å². The van der Waals surface area contributed by atoms with Crippen LogP contribution in [-0.4, -0.2) is 10.1 Å². The zero-order valence-electron chi connectivity index (χ0n) is 9.56. The van der Waals surface area contributed by atoms with Gasteiger partial charge in [0, 0.05) is 11.4 Å². The number of hydrogen-bond acceptors (Lipinski definition) is 4. The van der Waals surface area contributed by atoms with Crippen molar-refractivity contribution in [3.8, 4) is 0 Å². The van der Waals surface area contributed by atoms with Crippen LogP contribution in [0.25, 0.3) is 0 Å². The molecule has 2 aromatic rings. The fourth-order valence-electron chi connectivity index (χ4n) is 1.49. The van der Waals surface area contributed by atoms with Gasteiger partial charge in [-0.05, 0) is 24.1 Å². The Bertz CT molecular complexity index is 498. The van der Waals surface area contributed by atoms with Crippen molar-refractivity contribution in [3.05, 3.63) is 46.6 Å². The minimum absolute atomic E-state index is 0.185. The second-order valence-corrected chi connectivity index (χ2v) is 4.31. The summed E-state index contributed by atoms with van der Waals surface area (Å²) in [6.07, 6.45) is 1.37. The first-order chi connectivity index (χ1) is 8.19. The topological polar surface area (TPSA) is 64.9 Å². The zero-order chi connectivity index (χ0) is 12.3. The molecule has 5 heteroatoms. The van der Waals surface area contributed by atoms with Crippen molar-refractivity contribution < 1.29 is 4.52 Å². The van der Waals surface area contributed by atoms with Gasteiger partial charge in [0.15, 0.2) is 5.82 Å². The van der Waals surface area contributed by atoms with Crippen molar-refractivity contribution >= 4 is 11.6 Å². The SMILES string of the molecule is CCC(N)c1nc(Cc2cccc(Cl)c2)no1. The van der Waals surface area contributed by atoms with E-state index in [0.717, 1.165) is 12.0 Å². The summed E-state index contributed by atoms with van der Waals surface area (Å²) in [6.45, 7) is 1.98. The van der Waals surface area contributed by atoms with Gasteiger partial charge in [-0.25, -0.2) is 0 Å². The van der Waals surface area contributed by atoms with Crippen molar-refractivity contribution in [2.24, 2.45) is 5.73 Å². The quantitative estimate of drug-likeness (QED) is 0.907. The second-order valence-electron chi connectivity index (χ2n) is 3.87. The average molecular weight is 252 g/mol. The van der Waals surface area contributed by atoms with Crippen LogP contribution in [0.2, 0.25) is 5.02 Å². The van der Waals surface area contributed by atoms with Gasteiger partial charge in [-0.3, -0.25) is 0 Å². The molecule has 1 aromatic heterocycles. The summed E-state index contributed by atoms with van der Waals surface area (Å²) in [7, 11) is 0. The molecule has 0 saturated carbocycles. The summed E-state index contributed by atoms with van der Waals surface area (Å²) < 4.78 is 5.10. The maximum Gasteiger partial charge on any atom is 0.243 e. The smallest absolute Gasteiger partial charge is 0.243 e. The first-order valence-electron chi connectivity index (χ1n) is 5.51. The molecular formula is C12H14ClN3O. The van der Waals surface area contributed by atoms with E-state index in [9.17, 15) is 0 Å². The molecule has 1 atom stereocenters. The molecule has 0 spiro atoms. The van der Waals surface area contributed by atoms with Crippen LogP contribution < -0.4 is 5.73 Å². The van der Waals surface area contributed by atoms with Gasteiger partial charge in [-0.15, -0.1) is 0 Å². The van der Waals surface area contributed by atoms with Gasteiger partial charge in [-0.1, -0.05) is 35.8 Å². The van der Waals surface area contributed by atoms with Crippen molar-refractivity contribution in [2.45, 2.75) is 25.8 Å².